The Kier molecular flexibility index (Phi) is 4.66. The van der Waals surface area contributed by atoms with Gasteiger partial charge in [0.2, 0.25) is 0 Å². The van der Waals surface area contributed by atoms with Gasteiger partial charge in [0.05, 0.1) is 15.9 Å². The van der Waals surface area contributed by atoms with Crippen molar-refractivity contribution in [3.8, 4) is 0 Å². The van der Waals surface area contributed by atoms with Crippen LogP contribution in [0.4, 0.5) is 0 Å². The van der Waals surface area contributed by atoms with Crippen molar-refractivity contribution >= 4 is 31.9 Å². The lowest BCUT2D eigenvalue weighted by Crippen LogP contribution is -2.22. The summed E-state index contributed by atoms with van der Waals surface area (Å²) in [6.45, 7) is 8.57. The molecule has 0 bridgehead atoms. The van der Waals surface area contributed by atoms with Crippen molar-refractivity contribution < 1.29 is 0 Å². The van der Waals surface area contributed by atoms with Crippen LogP contribution in [-0.4, -0.2) is 33.1 Å². The number of halogens is 2. The van der Waals surface area contributed by atoms with E-state index in [0.717, 1.165) is 30.0 Å². The number of nitrogens with zero attached hydrogens (tertiary/aromatic N) is 3. The molecule has 0 spiro atoms. The average molecular weight is 365 g/mol. The summed E-state index contributed by atoms with van der Waals surface area (Å²) in [6, 6.07) is 0. The third kappa shape index (κ3) is 2.93. The Morgan fingerprint density at radius 2 is 2.24 bits per heavy atom. The van der Waals surface area contributed by atoms with E-state index in [0.29, 0.717) is 0 Å². The van der Waals surface area contributed by atoms with Gasteiger partial charge in [0.15, 0.2) is 0 Å². The van der Waals surface area contributed by atoms with Crippen LogP contribution < -0.4 is 0 Å². The SMILES string of the molecule is CCn1nc(C)c(Br)c1CN1CCC(CBr)C1. The van der Waals surface area contributed by atoms with Gasteiger partial charge < -0.3 is 0 Å². The first-order valence-electron chi connectivity index (χ1n) is 6.15. The molecule has 0 saturated carbocycles. The molecule has 1 unspecified atom stereocenters. The van der Waals surface area contributed by atoms with Crippen LogP contribution in [0.25, 0.3) is 0 Å². The Morgan fingerprint density at radius 3 is 2.82 bits per heavy atom. The first kappa shape index (κ1) is 13.6. The fourth-order valence-electron chi connectivity index (χ4n) is 2.41. The molecule has 96 valence electrons. The van der Waals surface area contributed by atoms with Crippen LogP contribution in [0.5, 0.6) is 0 Å². The molecular weight excluding hydrogens is 346 g/mol. The molecule has 0 N–H and O–H groups in total. The van der Waals surface area contributed by atoms with Gasteiger partial charge in [-0.2, -0.15) is 5.10 Å². The van der Waals surface area contributed by atoms with E-state index in [1.54, 1.807) is 0 Å². The molecule has 1 aromatic rings. The predicted molar refractivity (Wildman–Crippen MR) is 77.5 cm³/mol. The molecular formula is C12H19Br2N3. The van der Waals surface area contributed by atoms with Gasteiger partial charge in [0.1, 0.15) is 0 Å². The Hall–Kier alpha value is 0.130. The standard InChI is InChI=1S/C12H19Br2N3/c1-3-17-11(12(14)9(2)15-17)8-16-5-4-10(6-13)7-16/h10H,3-8H2,1-2H3. The molecule has 1 aliphatic heterocycles. The second-order valence-corrected chi connectivity index (χ2v) is 6.15. The summed E-state index contributed by atoms with van der Waals surface area (Å²) in [7, 11) is 0. The molecule has 3 nitrogen and oxygen atoms in total. The maximum atomic E-state index is 4.54. The van der Waals surface area contributed by atoms with Crippen LogP contribution in [0, 0.1) is 12.8 Å². The van der Waals surface area contributed by atoms with E-state index < -0.39 is 0 Å². The number of rotatable bonds is 4. The molecule has 17 heavy (non-hydrogen) atoms. The minimum atomic E-state index is 0.813. The van der Waals surface area contributed by atoms with Crippen LogP contribution in [0.1, 0.15) is 24.7 Å². The molecule has 1 aliphatic rings. The fourth-order valence-corrected chi connectivity index (χ4v) is 3.35. The number of hydrogen-bond donors (Lipinski definition) is 0. The number of aryl methyl sites for hydroxylation is 2. The normalized spacial score (nSPS) is 21.3. The lowest BCUT2D eigenvalue weighted by atomic mass is 10.2. The van der Waals surface area contributed by atoms with Gasteiger partial charge in [-0.15, -0.1) is 0 Å². The lowest BCUT2D eigenvalue weighted by Gasteiger charge is -2.16. The van der Waals surface area contributed by atoms with E-state index in [4.69, 9.17) is 0 Å². The molecule has 5 heteroatoms. The number of hydrogen-bond acceptors (Lipinski definition) is 2. The van der Waals surface area contributed by atoms with Crippen molar-refractivity contribution in [2.45, 2.75) is 33.4 Å². The van der Waals surface area contributed by atoms with E-state index in [-0.39, 0.29) is 0 Å². The topological polar surface area (TPSA) is 21.1 Å². The monoisotopic (exact) mass is 363 g/mol. The van der Waals surface area contributed by atoms with Gasteiger partial charge in [-0.05, 0) is 48.7 Å². The molecule has 1 atom stereocenters. The van der Waals surface area contributed by atoms with Gasteiger partial charge in [-0.1, -0.05) is 15.9 Å². The highest BCUT2D eigenvalue weighted by molar-refractivity contribution is 9.10. The van der Waals surface area contributed by atoms with Crippen LogP contribution in [0.3, 0.4) is 0 Å². The van der Waals surface area contributed by atoms with Gasteiger partial charge in [-0.25, -0.2) is 0 Å². The molecule has 2 heterocycles. The Labute approximate surface area is 120 Å². The third-order valence-electron chi connectivity index (χ3n) is 3.41. The smallest absolute Gasteiger partial charge is 0.0739 e. The van der Waals surface area contributed by atoms with E-state index >= 15 is 0 Å². The molecule has 0 radical (unpaired) electrons. The summed E-state index contributed by atoms with van der Waals surface area (Å²) in [5.74, 6) is 0.813. The van der Waals surface area contributed by atoms with Crippen molar-refractivity contribution in [2.75, 3.05) is 18.4 Å². The first-order valence-corrected chi connectivity index (χ1v) is 8.07. The molecule has 1 aromatic heterocycles. The predicted octanol–water partition coefficient (Wildman–Crippen LogP) is 3.19. The summed E-state index contributed by atoms with van der Waals surface area (Å²) in [4.78, 5) is 2.53. The molecule has 0 amide bonds. The van der Waals surface area contributed by atoms with E-state index in [1.165, 1.54) is 29.7 Å². The van der Waals surface area contributed by atoms with Crippen molar-refractivity contribution in [3.63, 3.8) is 0 Å². The van der Waals surface area contributed by atoms with Crippen LogP contribution >= 0.6 is 31.9 Å². The summed E-state index contributed by atoms with van der Waals surface area (Å²) >= 11 is 7.24. The lowest BCUT2D eigenvalue weighted by molar-refractivity contribution is 0.309. The summed E-state index contributed by atoms with van der Waals surface area (Å²) in [5, 5.41) is 5.67. The third-order valence-corrected chi connectivity index (χ3v) is 5.36. The molecule has 1 saturated heterocycles. The summed E-state index contributed by atoms with van der Waals surface area (Å²) in [5.41, 5.74) is 2.42. The maximum Gasteiger partial charge on any atom is 0.0739 e. The highest BCUT2D eigenvalue weighted by Gasteiger charge is 2.23. The summed E-state index contributed by atoms with van der Waals surface area (Å²) < 4.78 is 3.29. The van der Waals surface area contributed by atoms with Crippen molar-refractivity contribution in [1.29, 1.82) is 0 Å². The zero-order chi connectivity index (χ0) is 12.4. The largest absolute Gasteiger partial charge is 0.297 e. The van der Waals surface area contributed by atoms with Gasteiger partial charge >= 0.3 is 0 Å². The minimum absolute atomic E-state index is 0.813. The number of likely N-dealkylation sites (tertiary alicyclic amines) is 1. The van der Waals surface area contributed by atoms with Gasteiger partial charge in [0.25, 0.3) is 0 Å². The van der Waals surface area contributed by atoms with E-state index in [1.807, 2.05) is 0 Å². The van der Waals surface area contributed by atoms with Crippen LogP contribution in [-0.2, 0) is 13.1 Å². The van der Waals surface area contributed by atoms with Crippen LogP contribution in [0.15, 0.2) is 4.47 Å². The molecule has 2 rings (SSSR count). The second-order valence-electron chi connectivity index (χ2n) is 4.71. The van der Waals surface area contributed by atoms with Gasteiger partial charge in [0, 0.05) is 25.0 Å². The Bertz CT molecular complexity index is 389. The Balaban J connectivity index is 2.08. The van der Waals surface area contributed by atoms with Crippen LogP contribution in [0.2, 0.25) is 0 Å². The first-order chi connectivity index (χ1) is 8.15. The zero-order valence-corrected chi connectivity index (χ0v) is 13.6. The highest BCUT2D eigenvalue weighted by Crippen LogP contribution is 2.25. The zero-order valence-electron chi connectivity index (χ0n) is 10.4. The van der Waals surface area contributed by atoms with Crippen molar-refractivity contribution in [2.24, 2.45) is 5.92 Å². The van der Waals surface area contributed by atoms with Crippen molar-refractivity contribution in [1.82, 2.24) is 14.7 Å². The molecule has 0 aromatic carbocycles. The fraction of sp³-hybridized carbons (Fsp3) is 0.750. The highest BCUT2D eigenvalue weighted by atomic mass is 79.9. The molecule has 1 fully saturated rings. The van der Waals surface area contributed by atoms with E-state index in [9.17, 15) is 0 Å². The quantitative estimate of drug-likeness (QED) is 0.765. The van der Waals surface area contributed by atoms with E-state index in [2.05, 4.69) is 60.4 Å². The average Bonchev–Trinajstić information content (AvgIpc) is 2.89. The Morgan fingerprint density at radius 1 is 1.47 bits per heavy atom. The van der Waals surface area contributed by atoms with Gasteiger partial charge in [-0.3, -0.25) is 9.58 Å². The number of aromatic nitrogens is 2. The van der Waals surface area contributed by atoms with Crippen molar-refractivity contribution in [3.05, 3.63) is 15.9 Å². The number of alkyl halides is 1. The second kappa shape index (κ2) is 5.85. The molecule has 0 aliphatic carbocycles. The maximum absolute atomic E-state index is 4.54. The minimum Gasteiger partial charge on any atom is -0.297 e. The summed E-state index contributed by atoms with van der Waals surface area (Å²) in [6.07, 6.45) is 1.31.